The van der Waals surface area contributed by atoms with Crippen LogP contribution >= 0.6 is 11.6 Å². The van der Waals surface area contributed by atoms with Crippen molar-refractivity contribution in [3.8, 4) is 0 Å². The van der Waals surface area contributed by atoms with Gasteiger partial charge >= 0.3 is 5.97 Å². The van der Waals surface area contributed by atoms with Gasteiger partial charge in [-0.2, -0.15) is 0 Å². The molecule has 0 bridgehead atoms. The summed E-state index contributed by atoms with van der Waals surface area (Å²) in [6.07, 6.45) is 0. The Balaban J connectivity index is 3.25. The van der Waals surface area contributed by atoms with Gasteiger partial charge in [0, 0.05) is 11.6 Å². The number of esters is 1. The second-order valence-electron chi connectivity index (χ2n) is 3.42. The van der Waals surface area contributed by atoms with Crippen LogP contribution in [0.15, 0.2) is 24.3 Å². The zero-order chi connectivity index (χ0) is 12.2. The molecule has 2 N–H and O–H groups in total. The van der Waals surface area contributed by atoms with Crippen LogP contribution in [0.5, 0.6) is 0 Å². The summed E-state index contributed by atoms with van der Waals surface area (Å²) < 4.78 is 17.7. The van der Waals surface area contributed by atoms with Crippen LogP contribution in [0, 0.1) is 0 Å². The van der Waals surface area contributed by atoms with Crippen LogP contribution in [0.4, 0.5) is 4.39 Å². The number of nitrogens with two attached hydrogens (primary N) is 1. The average molecular weight is 246 g/mol. The van der Waals surface area contributed by atoms with Gasteiger partial charge in [0.05, 0.1) is 7.11 Å². The maximum Gasteiger partial charge on any atom is 0.320 e. The molecule has 0 amide bonds. The molecule has 0 radical (unpaired) electrons. The fourth-order valence-electron chi connectivity index (χ4n) is 1.49. The lowest BCUT2D eigenvalue weighted by Gasteiger charge is -2.26. The summed E-state index contributed by atoms with van der Waals surface area (Å²) >= 11 is 5.80. The number of alkyl halides is 1. The highest BCUT2D eigenvalue weighted by Gasteiger charge is 2.40. The lowest BCUT2D eigenvalue weighted by Crippen LogP contribution is -2.45. The van der Waals surface area contributed by atoms with Gasteiger partial charge in [0.25, 0.3) is 0 Å². The summed E-state index contributed by atoms with van der Waals surface area (Å²) in [5, 5.41) is 0.424. The third-order valence-corrected chi connectivity index (χ3v) is 2.77. The average Bonchev–Trinajstić information content (AvgIpc) is 2.31. The normalized spacial score (nSPS) is 14.2. The van der Waals surface area contributed by atoms with E-state index in [1.165, 1.54) is 13.2 Å². The standard InChI is InChI=1S/C11H13ClFNO2/c1-16-10(15)11(6-13,7-14)8-3-2-4-9(12)5-8/h2-5H,6-7,14H2,1H3. The molecular weight excluding hydrogens is 233 g/mol. The predicted molar refractivity (Wildman–Crippen MR) is 60.2 cm³/mol. The van der Waals surface area contributed by atoms with Crippen LogP contribution in [-0.4, -0.2) is 26.3 Å². The van der Waals surface area contributed by atoms with Gasteiger partial charge in [-0.15, -0.1) is 0 Å². The smallest absolute Gasteiger partial charge is 0.320 e. The molecule has 0 aliphatic heterocycles. The van der Waals surface area contributed by atoms with E-state index in [9.17, 15) is 9.18 Å². The molecule has 0 saturated carbocycles. The Morgan fingerprint density at radius 1 is 1.62 bits per heavy atom. The van der Waals surface area contributed by atoms with Gasteiger partial charge in [-0.25, -0.2) is 4.39 Å². The third-order valence-electron chi connectivity index (χ3n) is 2.53. The maximum absolute atomic E-state index is 13.1. The molecule has 1 unspecified atom stereocenters. The van der Waals surface area contributed by atoms with Gasteiger partial charge in [-0.05, 0) is 17.7 Å². The van der Waals surface area contributed by atoms with E-state index < -0.39 is 18.1 Å². The highest BCUT2D eigenvalue weighted by atomic mass is 35.5. The first-order chi connectivity index (χ1) is 7.60. The number of rotatable bonds is 4. The Kier molecular flexibility index (Phi) is 4.26. The van der Waals surface area contributed by atoms with Crippen molar-refractivity contribution >= 4 is 17.6 Å². The molecule has 88 valence electrons. The minimum absolute atomic E-state index is 0.170. The first kappa shape index (κ1) is 12.9. The van der Waals surface area contributed by atoms with Crippen molar-refractivity contribution in [2.45, 2.75) is 5.41 Å². The van der Waals surface area contributed by atoms with Gasteiger partial charge < -0.3 is 10.5 Å². The number of benzene rings is 1. The summed E-state index contributed by atoms with van der Waals surface area (Å²) in [5.41, 5.74) is 4.46. The summed E-state index contributed by atoms with van der Waals surface area (Å²) in [4.78, 5) is 11.6. The first-order valence-electron chi connectivity index (χ1n) is 4.71. The number of ether oxygens (including phenoxy) is 1. The Hall–Kier alpha value is -1.13. The van der Waals surface area contributed by atoms with Crippen LogP contribution < -0.4 is 5.73 Å². The number of carbonyl (C=O) groups is 1. The minimum atomic E-state index is -1.46. The molecule has 0 heterocycles. The van der Waals surface area contributed by atoms with Crippen molar-refractivity contribution in [1.82, 2.24) is 0 Å². The van der Waals surface area contributed by atoms with Crippen molar-refractivity contribution in [2.24, 2.45) is 5.73 Å². The summed E-state index contributed by atoms with van der Waals surface area (Å²) in [6.45, 7) is -1.09. The summed E-state index contributed by atoms with van der Waals surface area (Å²) in [5.74, 6) is -0.695. The fraction of sp³-hybridized carbons (Fsp3) is 0.364. The SMILES string of the molecule is COC(=O)C(CN)(CF)c1cccc(Cl)c1. The zero-order valence-corrected chi connectivity index (χ0v) is 9.63. The lowest BCUT2D eigenvalue weighted by molar-refractivity contribution is -0.147. The summed E-state index contributed by atoms with van der Waals surface area (Å²) in [6, 6.07) is 6.41. The molecule has 0 spiro atoms. The van der Waals surface area contributed by atoms with Gasteiger partial charge in [-0.3, -0.25) is 4.79 Å². The molecule has 0 fully saturated rings. The van der Waals surface area contributed by atoms with E-state index in [4.69, 9.17) is 17.3 Å². The van der Waals surface area contributed by atoms with Crippen LogP contribution in [0.25, 0.3) is 0 Å². The predicted octanol–water partition coefficient (Wildman–Crippen LogP) is 1.68. The van der Waals surface area contributed by atoms with Gasteiger partial charge in [-0.1, -0.05) is 23.7 Å². The van der Waals surface area contributed by atoms with E-state index in [2.05, 4.69) is 4.74 Å². The van der Waals surface area contributed by atoms with Crippen molar-refractivity contribution < 1.29 is 13.9 Å². The van der Waals surface area contributed by atoms with Crippen LogP contribution in [0.3, 0.4) is 0 Å². The van der Waals surface area contributed by atoms with E-state index in [0.29, 0.717) is 10.6 Å². The quantitative estimate of drug-likeness (QED) is 0.822. The van der Waals surface area contributed by atoms with Gasteiger partial charge in [0.2, 0.25) is 0 Å². The number of halogens is 2. The Morgan fingerprint density at radius 3 is 2.75 bits per heavy atom. The van der Waals surface area contributed by atoms with Crippen molar-refractivity contribution in [1.29, 1.82) is 0 Å². The monoisotopic (exact) mass is 245 g/mol. The molecule has 16 heavy (non-hydrogen) atoms. The van der Waals surface area contributed by atoms with E-state index in [1.807, 2.05) is 0 Å². The number of hydrogen-bond acceptors (Lipinski definition) is 3. The van der Waals surface area contributed by atoms with Crippen molar-refractivity contribution in [2.75, 3.05) is 20.3 Å². The molecule has 1 atom stereocenters. The van der Waals surface area contributed by atoms with E-state index in [-0.39, 0.29) is 6.54 Å². The molecule has 0 aliphatic rings. The molecule has 0 aromatic heterocycles. The molecular formula is C11H13ClFNO2. The van der Waals surface area contributed by atoms with Crippen LogP contribution in [0.1, 0.15) is 5.56 Å². The topological polar surface area (TPSA) is 52.3 Å². The Labute approximate surface area is 98.3 Å². The summed E-state index contributed by atoms with van der Waals surface area (Å²) in [7, 11) is 1.20. The highest BCUT2D eigenvalue weighted by molar-refractivity contribution is 6.30. The van der Waals surface area contributed by atoms with Gasteiger partial charge in [0.1, 0.15) is 12.1 Å². The van der Waals surface area contributed by atoms with Crippen LogP contribution in [-0.2, 0) is 14.9 Å². The van der Waals surface area contributed by atoms with Crippen molar-refractivity contribution in [3.05, 3.63) is 34.9 Å². The van der Waals surface area contributed by atoms with Gasteiger partial charge in [0.15, 0.2) is 0 Å². The third kappa shape index (κ3) is 2.18. The maximum atomic E-state index is 13.1. The first-order valence-corrected chi connectivity index (χ1v) is 5.09. The molecule has 3 nitrogen and oxygen atoms in total. The minimum Gasteiger partial charge on any atom is -0.468 e. The Bertz CT molecular complexity index is 380. The number of methoxy groups -OCH3 is 1. The van der Waals surface area contributed by atoms with E-state index in [1.54, 1.807) is 18.2 Å². The van der Waals surface area contributed by atoms with E-state index in [0.717, 1.165) is 0 Å². The second-order valence-corrected chi connectivity index (χ2v) is 3.86. The molecule has 1 rings (SSSR count). The van der Waals surface area contributed by atoms with E-state index >= 15 is 0 Å². The Morgan fingerprint density at radius 2 is 2.31 bits per heavy atom. The molecule has 0 saturated heterocycles. The number of hydrogen-bond donors (Lipinski definition) is 1. The van der Waals surface area contributed by atoms with Crippen LogP contribution in [0.2, 0.25) is 5.02 Å². The highest BCUT2D eigenvalue weighted by Crippen LogP contribution is 2.27. The molecule has 0 aliphatic carbocycles. The largest absolute Gasteiger partial charge is 0.468 e. The zero-order valence-electron chi connectivity index (χ0n) is 8.87. The van der Waals surface area contributed by atoms with Crippen molar-refractivity contribution in [3.63, 3.8) is 0 Å². The molecule has 1 aromatic rings. The molecule has 5 heteroatoms. The number of carbonyl (C=O) groups excluding carboxylic acids is 1. The second kappa shape index (κ2) is 5.27. The fourth-order valence-corrected chi connectivity index (χ4v) is 1.68. The molecule has 1 aromatic carbocycles. The lowest BCUT2D eigenvalue weighted by atomic mass is 9.82.